The molecule has 2 aromatic heterocycles. The van der Waals surface area contributed by atoms with Gasteiger partial charge in [-0.25, -0.2) is 13.4 Å². The van der Waals surface area contributed by atoms with Gasteiger partial charge >= 0.3 is 6.18 Å². The molecule has 0 radical (unpaired) electrons. The van der Waals surface area contributed by atoms with Crippen molar-refractivity contribution in [3.05, 3.63) is 95.8 Å². The minimum atomic E-state index is -4.66. The first-order valence-electron chi connectivity index (χ1n) is 11.9. The SMILES string of the molecule is [2H]c1cc(C(F)(F)F)ccc1S(=O)(=O)N1C2Cc3[nH]ncc3C1CC(c1cccc(-n3ccnc3)c1)C2. The molecule has 2 aliphatic rings. The first-order valence-corrected chi connectivity index (χ1v) is 12.9. The maximum absolute atomic E-state index is 13.9. The second-order valence-electron chi connectivity index (χ2n) is 9.19. The topological polar surface area (TPSA) is 83.9 Å². The van der Waals surface area contributed by atoms with Gasteiger partial charge in [0.1, 0.15) is 0 Å². The number of H-pyrrole nitrogens is 1. The van der Waals surface area contributed by atoms with Crippen LogP contribution < -0.4 is 0 Å². The molecule has 2 aromatic carbocycles. The number of fused-ring (bicyclic) bond motifs is 4. The Morgan fingerprint density at radius 3 is 2.75 bits per heavy atom. The van der Waals surface area contributed by atoms with Crippen molar-refractivity contribution in [2.45, 2.75) is 48.3 Å². The number of benzene rings is 2. The van der Waals surface area contributed by atoms with Crippen LogP contribution in [0.5, 0.6) is 0 Å². The van der Waals surface area contributed by atoms with Crippen LogP contribution in [0.1, 0.15) is 48.6 Å². The Hall–Kier alpha value is -3.44. The Balaban J connectivity index is 1.38. The summed E-state index contributed by atoms with van der Waals surface area (Å²) < 4.78 is 78.5. The van der Waals surface area contributed by atoms with Crippen molar-refractivity contribution < 1.29 is 23.0 Å². The van der Waals surface area contributed by atoms with Gasteiger partial charge in [0.05, 0.1) is 30.4 Å². The molecule has 1 fully saturated rings. The fraction of sp³-hybridized carbons (Fsp3) is 0.280. The summed E-state index contributed by atoms with van der Waals surface area (Å²) in [4.78, 5) is 3.67. The lowest BCUT2D eigenvalue weighted by Gasteiger charge is -2.47. The molecule has 2 aliphatic heterocycles. The van der Waals surface area contributed by atoms with E-state index in [2.05, 4.69) is 21.2 Å². The fourth-order valence-electron chi connectivity index (χ4n) is 5.45. The Morgan fingerprint density at radius 1 is 1.14 bits per heavy atom. The molecule has 186 valence electrons. The lowest BCUT2D eigenvalue weighted by molar-refractivity contribution is -0.137. The zero-order valence-electron chi connectivity index (χ0n) is 19.9. The quantitative estimate of drug-likeness (QED) is 0.422. The number of hydrogen-bond acceptors (Lipinski definition) is 4. The molecule has 1 saturated heterocycles. The third kappa shape index (κ3) is 3.82. The summed E-state index contributed by atoms with van der Waals surface area (Å²) >= 11 is 0. The number of aromatic amines is 1. The molecule has 1 N–H and O–H groups in total. The van der Waals surface area contributed by atoms with Gasteiger partial charge in [0, 0.05) is 41.8 Å². The third-order valence-electron chi connectivity index (χ3n) is 7.09. The minimum absolute atomic E-state index is 0.0519. The lowest BCUT2D eigenvalue weighted by atomic mass is 9.76. The summed E-state index contributed by atoms with van der Waals surface area (Å²) in [6.45, 7) is 0. The zero-order chi connectivity index (χ0) is 25.9. The van der Waals surface area contributed by atoms with Crippen molar-refractivity contribution in [1.82, 2.24) is 24.1 Å². The van der Waals surface area contributed by atoms with Gasteiger partial charge in [-0.2, -0.15) is 22.6 Å². The van der Waals surface area contributed by atoms with E-state index >= 15 is 0 Å². The first kappa shape index (κ1) is 21.8. The molecule has 0 aliphatic carbocycles. The number of aromatic nitrogens is 4. The minimum Gasteiger partial charge on any atom is -0.306 e. The molecule has 0 amide bonds. The highest BCUT2D eigenvalue weighted by Gasteiger charge is 2.48. The van der Waals surface area contributed by atoms with Crippen LogP contribution in [0.4, 0.5) is 13.2 Å². The predicted octanol–water partition coefficient (Wildman–Crippen LogP) is 4.85. The van der Waals surface area contributed by atoms with Crippen molar-refractivity contribution in [1.29, 1.82) is 0 Å². The zero-order valence-corrected chi connectivity index (χ0v) is 19.7. The van der Waals surface area contributed by atoms with Crippen LogP contribution in [0.3, 0.4) is 0 Å². The fourth-order valence-corrected chi connectivity index (χ4v) is 7.21. The van der Waals surface area contributed by atoms with Gasteiger partial charge in [0.25, 0.3) is 0 Å². The van der Waals surface area contributed by atoms with Crippen molar-refractivity contribution in [2.75, 3.05) is 0 Å². The number of nitrogens with zero attached hydrogens (tertiary/aromatic N) is 4. The van der Waals surface area contributed by atoms with Crippen LogP contribution >= 0.6 is 0 Å². The average molecular weight is 515 g/mol. The normalized spacial score (nSPS) is 22.8. The second-order valence-corrected chi connectivity index (χ2v) is 11.0. The Labute approximate surface area is 207 Å². The third-order valence-corrected chi connectivity index (χ3v) is 9.01. The Bertz CT molecular complexity index is 1570. The number of halogens is 3. The van der Waals surface area contributed by atoms with Crippen molar-refractivity contribution in [3.8, 4) is 5.69 Å². The highest BCUT2D eigenvalue weighted by Crippen LogP contribution is 2.49. The van der Waals surface area contributed by atoms with Gasteiger partial charge < -0.3 is 4.57 Å². The number of rotatable bonds is 4. The summed E-state index contributed by atoms with van der Waals surface area (Å²) in [5.74, 6) is 0.0519. The molecular formula is C25H22F3N5O2S. The van der Waals surface area contributed by atoms with Crippen LogP contribution in [-0.2, 0) is 22.6 Å². The number of sulfonamides is 1. The smallest absolute Gasteiger partial charge is 0.306 e. The van der Waals surface area contributed by atoms with Gasteiger partial charge in [-0.1, -0.05) is 12.1 Å². The number of nitrogens with one attached hydrogen (secondary N) is 1. The van der Waals surface area contributed by atoms with E-state index in [-0.39, 0.29) is 5.92 Å². The van der Waals surface area contributed by atoms with Crippen molar-refractivity contribution in [2.24, 2.45) is 0 Å². The summed E-state index contributed by atoms with van der Waals surface area (Å²) in [6, 6.07) is 8.54. The summed E-state index contributed by atoms with van der Waals surface area (Å²) in [6.07, 6.45) is 3.62. The van der Waals surface area contributed by atoms with E-state index in [1.165, 1.54) is 4.31 Å². The summed E-state index contributed by atoms with van der Waals surface area (Å²) in [5.41, 5.74) is 2.59. The van der Waals surface area contributed by atoms with Gasteiger partial charge in [0.2, 0.25) is 10.0 Å². The molecule has 3 unspecified atom stereocenters. The standard InChI is InChI=1S/C25H22F3N5O2S/c26-25(27,28)18-4-6-21(7-5-18)36(34,35)33-20-11-17(12-24(33)22-14-30-31-23(22)13-20)16-2-1-3-19(10-16)32-9-8-29-15-32/h1-10,14-15,17,20,24H,11-13H2,(H,30,31)/i6D. The van der Waals surface area contributed by atoms with Gasteiger partial charge in [-0.3, -0.25) is 5.10 Å². The van der Waals surface area contributed by atoms with Gasteiger partial charge in [-0.15, -0.1) is 0 Å². The van der Waals surface area contributed by atoms with E-state index < -0.39 is 44.8 Å². The van der Waals surface area contributed by atoms with Crippen LogP contribution in [0.2, 0.25) is 0 Å². The molecule has 3 atom stereocenters. The van der Waals surface area contributed by atoms with E-state index in [9.17, 15) is 21.6 Å². The maximum atomic E-state index is 13.9. The number of imidazole rings is 1. The molecule has 4 aromatic rings. The first-order chi connectivity index (χ1) is 17.6. The van der Waals surface area contributed by atoms with E-state index in [0.717, 1.165) is 34.6 Å². The molecular weight excluding hydrogens is 491 g/mol. The van der Waals surface area contributed by atoms with E-state index in [0.29, 0.717) is 25.3 Å². The van der Waals surface area contributed by atoms with Crippen LogP contribution in [0.15, 0.2) is 78.3 Å². The Morgan fingerprint density at radius 2 is 2.00 bits per heavy atom. The van der Waals surface area contributed by atoms with E-state index in [1.807, 2.05) is 29.0 Å². The maximum Gasteiger partial charge on any atom is 0.416 e. The van der Waals surface area contributed by atoms with Crippen LogP contribution in [-0.4, -0.2) is 38.5 Å². The predicted molar refractivity (Wildman–Crippen MR) is 125 cm³/mol. The van der Waals surface area contributed by atoms with Gasteiger partial charge in [-0.05, 0) is 60.7 Å². The monoisotopic (exact) mass is 514 g/mol. The largest absolute Gasteiger partial charge is 0.416 e. The number of alkyl halides is 3. The summed E-state index contributed by atoms with van der Waals surface area (Å²) in [7, 11) is -4.26. The molecule has 11 heteroatoms. The second kappa shape index (κ2) is 8.31. The Kier molecular flexibility index (Phi) is 5.03. The average Bonchev–Trinajstić information content (AvgIpc) is 3.55. The highest BCUT2D eigenvalue weighted by molar-refractivity contribution is 7.89. The van der Waals surface area contributed by atoms with Crippen LogP contribution in [0.25, 0.3) is 5.69 Å². The molecule has 6 rings (SSSR count). The molecule has 7 nitrogen and oxygen atoms in total. The number of piperidine rings is 1. The number of hydrogen-bond donors (Lipinski definition) is 1. The van der Waals surface area contributed by atoms with Crippen molar-refractivity contribution in [3.63, 3.8) is 0 Å². The molecule has 36 heavy (non-hydrogen) atoms. The van der Waals surface area contributed by atoms with E-state index in [1.54, 1.807) is 18.7 Å². The molecule has 0 saturated carbocycles. The molecule has 4 heterocycles. The molecule has 2 bridgehead atoms. The van der Waals surface area contributed by atoms with Gasteiger partial charge in [0.15, 0.2) is 0 Å². The lowest BCUT2D eigenvalue weighted by Crippen LogP contribution is -2.51. The van der Waals surface area contributed by atoms with E-state index in [4.69, 9.17) is 1.37 Å². The van der Waals surface area contributed by atoms with Crippen molar-refractivity contribution >= 4 is 10.0 Å². The van der Waals surface area contributed by atoms with Crippen LogP contribution in [0, 0.1) is 0 Å². The molecule has 0 spiro atoms. The summed E-state index contributed by atoms with van der Waals surface area (Å²) in [5, 5.41) is 7.11. The highest BCUT2D eigenvalue weighted by atomic mass is 32.2.